The highest BCUT2D eigenvalue weighted by molar-refractivity contribution is 6.17. The topological polar surface area (TPSA) is 8.17 Å². The second kappa shape index (κ2) is 11.9. The van der Waals surface area contributed by atoms with Crippen LogP contribution in [0.15, 0.2) is 182 Å². The average Bonchev–Trinajstić information content (AvgIpc) is 3.78. The SMILES string of the molecule is CC1(C)c2ccccc2-c2ccc(N(c3ccc4c(c3)C(C)(C)c3ccccc3-4)c3ccccc3-c3cccc4c3c3ccccc3n4-c3ccccc3)cc21. The highest BCUT2D eigenvalue weighted by atomic mass is 15.1. The van der Waals surface area contributed by atoms with Gasteiger partial charge in [-0.05, 0) is 105 Å². The number of anilines is 3. The molecule has 0 saturated heterocycles. The van der Waals surface area contributed by atoms with E-state index in [2.05, 4.69) is 219 Å². The molecule has 0 bridgehead atoms. The molecule has 0 amide bonds. The van der Waals surface area contributed by atoms with Gasteiger partial charge in [0, 0.05) is 44.2 Å². The molecule has 56 heavy (non-hydrogen) atoms. The molecule has 2 heteroatoms. The molecule has 11 rings (SSSR count). The monoisotopic (exact) mass is 718 g/mol. The van der Waals surface area contributed by atoms with Crippen LogP contribution >= 0.6 is 0 Å². The molecule has 0 spiro atoms. The van der Waals surface area contributed by atoms with Crippen molar-refractivity contribution in [2.24, 2.45) is 0 Å². The van der Waals surface area contributed by atoms with E-state index >= 15 is 0 Å². The highest BCUT2D eigenvalue weighted by Gasteiger charge is 2.38. The Hall–Kier alpha value is -6.64. The number of nitrogens with zero attached hydrogens (tertiary/aromatic N) is 2. The van der Waals surface area contributed by atoms with Crippen LogP contribution in [0.3, 0.4) is 0 Å². The van der Waals surface area contributed by atoms with Gasteiger partial charge in [0.2, 0.25) is 0 Å². The van der Waals surface area contributed by atoms with Gasteiger partial charge in [0.25, 0.3) is 0 Å². The lowest BCUT2D eigenvalue weighted by molar-refractivity contribution is 0.660. The van der Waals surface area contributed by atoms with E-state index in [4.69, 9.17) is 0 Å². The maximum atomic E-state index is 2.52. The van der Waals surface area contributed by atoms with Gasteiger partial charge < -0.3 is 9.47 Å². The molecule has 2 nitrogen and oxygen atoms in total. The van der Waals surface area contributed by atoms with Gasteiger partial charge in [0.1, 0.15) is 0 Å². The van der Waals surface area contributed by atoms with E-state index in [1.807, 2.05) is 0 Å². The molecule has 2 aliphatic rings. The van der Waals surface area contributed by atoms with Gasteiger partial charge in [0.15, 0.2) is 0 Å². The first-order valence-corrected chi connectivity index (χ1v) is 19.8. The molecule has 0 saturated carbocycles. The van der Waals surface area contributed by atoms with Gasteiger partial charge in [-0.2, -0.15) is 0 Å². The molecule has 9 aromatic rings. The lowest BCUT2D eigenvalue weighted by Crippen LogP contribution is -2.18. The summed E-state index contributed by atoms with van der Waals surface area (Å²) in [6.45, 7) is 9.49. The van der Waals surface area contributed by atoms with Crippen molar-refractivity contribution in [2.45, 2.75) is 38.5 Å². The van der Waals surface area contributed by atoms with Gasteiger partial charge >= 0.3 is 0 Å². The molecule has 0 aliphatic heterocycles. The van der Waals surface area contributed by atoms with Crippen LogP contribution in [0.25, 0.3) is 60.9 Å². The summed E-state index contributed by atoms with van der Waals surface area (Å²) < 4.78 is 2.41. The molecule has 0 N–H and O–H groups in total. The fourth-order valence-electron chi connectivity index (χ4n) is 10.1. The Balaban J connectivity index is 1.17. The zero-order valence-corrected chi connectivity index (χ0v) is 32.2. The first-order chi connectivity index (χ1) is 27.3. The van der Waals surface area contributed by atoms with Crippen molar-refractivity contribution in [3.05, 3.63) is 204 Å². The van der Waals surface area contributed by atoms with Crippen molar-refractivity contribution in [3.8, 4) is 39.1 Å². The second-order valence-electron chi connectivity index (χ2n) is 16.5. The predicted octanol–water partition coefficient (Wildman–Crippen LogP) is 14.5. The number of para-hydroxylation sites is 3. The van der Waals surface area contributed by atoms with Crippen LogP contribution in [0.4, 0.5) is 17.1 Å². The summed E-state index contributed by atoms with van der Waals surface area (Å²) in [5, 5.41) is 2.51. The Morgan fingerprint density at radius 1 is 0.375 bits per heavy atom. The largest absolute Gasteiger partial charge is 0.310 e. The number of hydrogen-bond donors (Lipinski definition) is 0. The smallest absolute Gasteiger partial charge is 0.0547 e. The number of rotatable bonds is 5. The standard InChI is InChI=1S/C54H42N2/c1-53(2)45-24-12-8-19-38(45)40-31-29-36(33-47(40)53)55(37-30-32-41-39-20-9-13-25-46(39)54(3,4)48(41)34-37)49-26-14-10-21-42(49)43-23-16-28-51-52(43)44-22-11-15-27-50(44)56(51)35-17-6-5-7-18-35/h5-34H,1-4H3. The third-order valence-electron chi connectivity index (χ3n) is 12.8. The molecule has 268 valence electrons. The van der Waals surface area contributed by atoms with E-state index in [-0.39, 0.29) is 10.8 Å². The Morgan fingerprint density at radius 2 is 0.857 bits per heavy atom. The molecule has 0 fully saturated rings. The minimum atomic E-state index is -0.125. The second-order valence-corrected chi connectivity index (χ2v) is 16.5. The van der Waals surface area contributed by atoms with Crippen molar-refractivity contribution >= 4 is 38.9 Å². The van der Waals surface area contributed by atoms with Crippen LogP contribution in [0.2, 0.25) is 0 Å². The summed E-state index contributed by atoms with van der Waals surface area (Å²) in [4.78, 5) is 2.52. The van der Waals surface area contributed by atoms with Crippen LogP contribution in [0.5, 0.6) is 0 Å². The zero-order valence-electron chi connectivity index (χ0n) is 32.2. The van der Waals surface area contributed by atoms with E-state index in [0.29, 0.717) is 0 Å². The summed E-state index contributed by atoms with van der Waals surface area (Å²) in [5.74, 6) is 0. The van der Waals surface area contributed by atoms with Crippen LogP contribution < -0.4 is 4.90 Å². The van der Waals surface area contributed by atoms with Crippen LogP contribution in [0.1, 0.15) is 49.9 Å². The predicted molar refractivity (Wildman–Crippen MR) is 236 cm³/mol. The van der Waals surface area contributed by atoms with Gasteiger partial charge in [-0.3, -0.25) is 0 Å². The molecule has 1 aromatic heterocycles. The molecule has 0 unspecified atom stereocenters. The summed E-state index contributed by atoms with van der Waals surface area (Å²) in [6.07, 6.45) is 0. The van der Waals surface area contributed by atoms with E-state index in [0.717, 1.165) is 22.7 Å². The third kappa shape index (κ3) is 4.56. The van der Waals surface area contributed by atoms with Crippen molar-refractivity contribution in [1.29, 1.82) is 0 Å². The lowest BCUT2D eigenvalue weighted by atomic mass is 9.82. The number of hydrogen-bond acceptors (Lipinski definition) is 1. The van der Waals surface area contributed by atoms with Crippen molar-refractivity contribution in [1.82, 2.24) is 4.57 Å². The van der Waals surface area contributed by atoms with Gasteiger partial charge in [-0.1, -0.05) is 155 Å². The van der Waals surface area contributed by atoms with Crippen LogP contribution in [-0.4, -0.2) is 4.57 Å². The number of aromatic nitrogens is 1. The maximum Gasteiger partial charge on any atom is 0.0547 e. The summed E-state index contributed by atoms with van der Waals surface area (Å²) >= 11 is 0. The third-order valence-corrected chi connectivity index (χ3v) is 12.8. The first-order valence-electron chi connectivity index (χ1n) is 19.8. The number of fused-ring (bicyclic) bond motifs is 9. The zero-order chi connectivity index (χ0) is 37.8. The van der Waals surface area contributed by atoms with Crippen molar-refractivity contribution in [2.75, 3.05) is 4.90 Å². The van der Waals surface area contributed by atoms with E-state index < -0.39 is 0 Å². The van der Waals surface area contributed by atoms with Crippen LogP contribution in [0, 0.1) is 0 Å². The molecule has 0 radical (unpaired) electrons. The summed E-state index contributed by atoms with van der Waals surface area (Å²) in [6, 6.07) is 67.6. The van der Waals surface area contributed by atoms with E-state index in [9.17, 15) is 0 Å². The maximum absolute atomic E-state index is 2.52. The fourth-order valence-corrected chi connectivity index (χ4v) is 10.1. The first kappa shape index (κ1) is 32.8. The van der Waals surface area contributed by atoms with E-state index in [1.165, 1.54) is 77.4 Å². The van der Waals surface area contributed by atoms with Crippen LogP contribution in [-0.2, 0) is 10.8 Å². The molecule has 2 aliphatic carbocycles. The summed E-state index contributed by atoms with van der Waals surface area (Å²) in [7, 11) is 0. The quantitative estimate of drug-likeness (QED) is 0.172. The highest BCUT2D eigenvalue weighted by Crippen LogP contribution is 2.54. The van der Waals surface area contributed by atoms with Gasteiger partial charge in [-0.15, -0.1) is 0 Å². The Kier molecular flexibility index (Phi) is 6.98. The molecular formula is C54H42N2. The molecule has 8 aromatic carbocycles. The Bertz CT molecular complexity index is 2930. The lowest BCUT2D eigenvalue weighted by Gasteiger charge is -2.31. The molecule has 1 heterocycles. The minimum Gasteiger partial charge on any atom is -0.310 e. The van der Waals surface area contributed by atoms with Gasteiger partial charge in [0.05, 0.1) is 16.7 Å². The van der Waals surface area contributed by atoms with Crippen molar-refractivity contribution < 1.29 is 0 Å². The Labute approximate surface area is 328 Å². The molecule has 0 atom stereocenters. The minimum absolute atomic E-state index is 0.125. The summed E-state index contributed by atoms with van der Waals surface area (Å²) in [5.41, 5.74) is 20.0. The normalized spacial score (nSPS) is 14.4. The molecular weight excluding hydrogens is 677 g/mol. The Morgan fingerprint density at radius 3 is 1.50 bits per heavy atom. The fraction of sp³-hybridized carbons (Fsp3) is 0.111. The van der Waals surface area contributed by atoms with E-state index in [1.54, 1.807) is 0 Å². The number of benzene rings is 8. The average molecular weight is 719 g/mol. The van der Waals surface area contributed by atoms with Crippen molar-refractivity contribution in [3.63, 3.8) is 0 Å². The van der Waals surface area contributed by atoms with Gasteiger partial charge in [-0.25, -0.2) is 0 Å².